The molecule has 1 heterocycles. The SMILES string of the molecule is Cc1ccc(C(=O)N(CCC(=O)O)C(C)(C)C)cn1. The van der Waals surface area contributed by atoms with Crippen molar-refractivity contribution in [1.29, 1.82) is 0 Å². The van der Waals surface area contributed by atoms with E-state index in [9.17, 15) is 9.59 Å². The molecule has 0 atom stereocenters. The topological polar surface area (TPSA) is 70.5 Å². The Morgan fingerprint density at radius 3 is 2.37 bits per heavy atom. The number of hydrogen-bond donors (Lipinski definition) is 1. The molecule has 0 aliphatic heterocycles. The molecule has 5 nitrogen and oxygen atoms in total. The van der Waals surface area contributed by atoms with Crippen molar-refractivity contribution in [1.82, 2.24) is 9.88 Å². The average Bonchev–Trinajstić information content (AvgIpc) is 2.27. The lowest BCUT2D eigenvalue weighted by Crippen LogP contribution is -2.46. The number of rotatable bonds is 4. The van der Waals surface area contributed by atoms with E-state index in [2.05, 4.69) is 4.98 Å². The molecule has 5 heteroatoms. The Morgan fingerprint density at radius 2 is 1.95 bits per heavy atom. The van der Waals surface area contributed by atoms with Crippen LogP contribution in [0.2, 0.25) is 0 Å². The predicted octanol–water partition coefficient (Wildman–Crippen LogP) is 2.11. The lowest BCUT2D eigenvalue weighted by Gasteiger charge is -2.35. The monoisotopic (exact) mass is 264 g/mol. The molecule has 0 aromatic carbocycles. The molecule has 0 bridgehead atoms. The van der Waals surface area contributed by atoms with Crippen LogP contribution in [-0.2, 0) is 4.79 Å². The first-order chi connectivity index (χ1) is 8.71. The zero-order chi connectivity index (χ0) is 14.6. The van der Waals surface area contributed by atoms with Crippen LogP contribution in [0, 0.1) is 6.92 Å². The van der Waals surface area contributed by atoms with E-state index in [1.54, 1.807) is 17.0 Å². The molecule has 1 amide bonds. The molecule has 1 N–H and O–H groups in total. The van der Waals surface area contributed by atoms with E-state index >= 15 is 0 Å². The van der Waals surface area contributed by atoms with Gasteiger partial charge in [0.05, 0.1) is 12.0 Å². The quantitative estimate of drug-likeness (QED) is 0.904. The van der Waals surface area contributed by atoms with Crippen molar-refractivity contribution in [3.05, 3.63) is 29.6 Å². The van der Waals surface area contributed by atoms with Gasteiger partial charge >= 0.3 is 5.97 Å². The molecular weight excluding hydrogens is 244 g/mol. The zero-order valence-corrected chi connectivity index (χ0v) is 11.8. The third-order valence-electron chi connectivity index (χ3n) is 2.76. The number of carbonyl (C=O) groups is 2. The maximum Gasteiger partial charge on any atom is 0.305 e. The van der Waals surface area contributed by atoms with Crippen molar-refractivity contribution < 1.29 is 14.7 Å². The van der Waals surface area contributed by atoms with Gasteiger partial charge in [0.2, 0.25) is 0 Å². The van der Waals surface area contributed by atoms with Crippen LogP contribution in [0.25, 0.3) is 0 Å². The molecule has 0 unspecified atom stereocenters. The van der Waals surface area contributed by atoms with Crippen LogP contribution in [-0.4, -0.2) is 39.0 Å². The van der Waals surface area contributed by atoms with E-state index in [0.29, 0.717) is 5.56 Å². The highest BCUT2D eigenvalue weighted by atomic mass is 16.4. The zero-order valence-electron chi connectivity index (χ0n) is 11.8. The molecule has 0 radical (unpaired) electrons. The Hall–Kier alpha value is -1.91. The van der Waals surface area contributed by atoms with Crippen LogP contribution >= 0.6 is 0 Å². The van der Waals surface area contributed by atoms with Crippen molar-refractivity contribution in [2.24, 2.45) is 0 Å². The summed E-state index contributed by atoms with van der Waals surface area (Å²) in [6.45, 7) is 7.68. The number of carbonyl (C=O) groups excluding carboxylic acids is 1. The normalized spacial score (nSPS) is 11.2. The van der Waals surface area contributed by atoms with E-state index in [1.807, 2.05) is 27.7 Å². The standard InChI is InChI=1S/C14H20N2O3/c1-10-5-6-11(9-15-10)13(19)16(14(2,3)4)8-7-12(17)18/h5-6,9H,7-8H2,1-4H3,(H,17,18). The van der Waals surface area contributed by atoms with Crippen molar-refractivity contribution in [3.63, 3.8) is 0 Å². The van der Waals surface area contributed by atoms with Gasteiger partial charge in [-0.3, -0.25) is 14.6 Å². The van der Waals surface area contributed by atoms with Gasteiger partial charge in [0, 0.05) is 24.0 Å². The van der Waals surface area contributed by atoms with E-state index in [1.165, 1.54) is 6.20 Å². The van der Waals surface area contributed by atoms with Crippen LogP contribution in [0.15, 0.2) is 18.3 Å². The summed E-state index contributed by atoms with van der Waals surface area (Å²) in [6, 6.07) is 3.48. The van der Waals surface area contributed by atoms with Crippen LogP contribution in [0.5, 0.6) is 0 Å². The Morgan fingerprint density at radius 1 is 1.32 bits per heavy atom. The van der Waals surface area contributed by atoms with E-state index in [4.69, 9.17) is 5.11 Å². The summed E-state index contributed by atoms with van der Waals surface area (Å²) in [5.74, 6) is -1.11. The van der Waals surface area contributed by atoms with Crippen LogP contribution in [0.3, 0.4) is 0 Å². The van der Waals surface area contributed by atoms with Gasteiger partial charge in [0.1, 0.15) is 0 Å². The number of nitrogens with zero attached hydrogens (tertiary/aromatic N) is 2. The first-order valence-corrected chi connectivity index (χ1v) is 6.18. The van der Waals surface area contributed by atoms with Gasteiger partial charge in [0.25, 0.3) is 5.91 Å². The second kappa shape index (κ2) is 5.82. The maximum atomic E-state index is 12.4. The number of aromatic nitrogens is 1. The van der Waals surface area contributed by atoms with Gasteiger partial charge in [-0.1, -0.05) is 0 Å². The molecule has 0 spiro atoms. The van der Waals surface area contributed by atoms with Crippen molar-refractivity contribution in [3.8, 4) is 0 Å². The summed E-state index contributed by atoms with van der Waals surface area (Å²) < 4.78 is 0. The summed E-state index contributed by atoms with van der Waals surface area (Å²) in [4.78, 5) is 28.8. The Bertz CT molecular complexity index is 461. The summed E-state index contributed by atoms with van der Waals surface area (Å²) in [5.41, 5.74) is 0.882. The highest BCUT2D eigenvalue weighted by Gasteiger charge is 2.27. The van der Waals surface area contributed by atoms with E-state index < -0.39 is 11.5 Å². The second-order valence-electron chi connectivity index (χ2n) is 5.46. The number of carboxylic acid groups (broad SMARTS) is 1. The van der Waals surface area contributed by atoms with Gasteiger partial charge in [-0.05, 0) is 39.8 Å². The number of hydrogen-bond acceptors (Lipinski definition) is 3. The fourth-order valence-corrected chi connectivity index (χ4v) is 1.70. The van der Waals surface area contributed by atoms with Crippen molar-refractivity contribution in [2.45, 2.75) is 39.7 Å². The fraction of sp³-hybridized carbons (Fsp3) is 0.500. The summed E-state index contributed by atoms with van der Waals surface area (Å²) in [7, 11) is 0. The molecule has 0 saturated carbocycles. The minimum Gasteiger partial charge on any atom is -0.481 e. The molecular formula is C14H20N2O3. The molecule has 1 rings (SSSR count). The van der Waals surface area contributed by atoms with Crippen LogP contribution in [0.1, 0.15) is 43.2 Å². The third kappa shape index (κ3) is 4.35. The number of carboxylic acids is 1. The summed E-state index contributed by atoms with van der Waals surface area (Å²) in [5, 5.41) is 8.77. The van der Waals surface area contributed by atoms with Gasteiger partial charge in [-0.25, -0.2) is 0 Å². The van der Waals surface area contributed by atoms with Gasteiger partial charge < -0.3 is 10.0 Å². The molecule has 19 heavy (non-hydrogen) atoms. The first-order valence-electron chi connectivity index (χ1n) is 6.18. The largest absolute Gasteiger partial charge is 0.481 e. The van der Waals surface area contributed by atoms with Crippen LogP contribution < -0.4 is 0 Å². The van der Waals surface area contributed by atoms with E-state index in [0.717, 1.165) is 5.69 Å². The molecule has 1 aromatic heterocycles. The number of pyridine rings is 1. The van der Waals surface area contributed by atoms with Crippen molar-refractivity contribution in [2.75, 3.05) is 6.54 Å². The van der Waals surface area contributed by atoms with Crippen LogP contribution in [0.4, 0.5) is 0 Å². The lowest BCUT2D eigenvalue weighted by molar-refractivity contribution is -0.137. The fourth-order valence-electron chi connectivity index (χ4n) is 1.70. The molecule has 0 aliphatic rings. The molecule has 1 aromatic rings. The highest BCUT2D eigenvalue weighted by Crippen LogP contribution is 2.17. The number of aliphatic carboxylic acids is 1. The highest BCUT2D eigenvalue weighted by molar-refractivity contribution is 5.94. The van der Waals surface area contributed by atoms with Gasteiger partial charge in [-0.2, -0.15) is 0 Å². The van der Waals surface area contributed by atoms with E-state index in [-0.39, 0.29) is 18.9 Å². The first kappa shape index (κ1) is 15.1. The summed E-state index contributed by atoms with van der Waals surface area (Å²) >= 11 is 0. The van der Waals surface area contributed by atoms with Gasteiger partial charge in [-0.15, -0.1) is 0 Å². The average molecular weight is 264 g/mol. The second-order valence-corrected chi connectivity index (χ2v) is 5.46. The molecule has 0 fully saturated rings. The molecule has 0 aliphatic carbocycles. The minimum atomic E-state index is -0.913. The predicted molar refractivity (Wildman–Crippen MR) is 72.0 cm³/mol. The molecule has 104 valence electrons. The third-order valence-corrected chi connectivity index (χ3v) is 2.76. The summed E-state index contributed by atoms with van der Waals surface area (Å²) in [6.07, 6.45) is 1.46. The van der Waals surface area contributed by atoms with Gasteiger partial charge in [0.15, 0.2) is 0 Å². The molecule has 0 saturated heterocycles. The Labute approximate surface area is 113 Å². The maximum absolute atomic E-state index is 12.4. The lowest BCUT2D eigenvalue weighted by atomic mass is 10.0. The smallest absolute Gasteiger partial charge is 0.305 e. The van der Waals surface area contributed by atoms with Crippen molar-refractivity contribution >= 4 is 11.9 Å². The Kier molecular flexibility index (Phi) is 4.64. The minimum absolute atomic E-state index is 0.0672. The Balaban J connectivity index is 2.94. The number of aryl methyl sites for hydroxylation is 1. The number of amides is 1.